The van der Waals surface area contributed by atoms with Crippen LogP contribution in [0.4, 0.5) is 5.69 Å². The highest BCUT2D eigenvalue weighted by Crippen LogP contribution is 2.20. The molecule has 1 unspecified atom stereocenters. The van der Waals surface area contributed by atoms with Gasteiger partial charge in [0.1, 0.15) is 0 Å². The van der Waals surface area contributed by atoms with Crippen molar-refractivity contribution in [2.75, 3.05) is 24.3 Å². The van der Waals surface area contributed by atoms with Crippen LogP contribution in [0.3, 0.4) is 0 Å². The fraction of sp³-hybridized carbons (Fsp3) is 0.538. The molecule has 0 aliphatic carbocycles. The summed E-state index contributed by atoms with van der Waals surface area (Å²) in [6.45, 7) is 3.91. The third-order valence-corrected chi connectivity index (χ3v) is 6.37. The topological polar surface area (TPSA) is 63.4 Å². The highest BCUT2D eigenvalue weighted by atomic mass is 32.2. The Labute approximate surface area is 120 Å². The molecule has 0 heterocycles. The molecule has 6 heteroatoms. The van der Waals surface area contributed by atoms with E-state index in [-0.39, 0.29) is 11.8 Å². The average Bonchev–Trinajstić information content (AvgIpc) is 2.39. The van der Waals surface area contributed by atoms with Crippen LogP contribution in [0.2, 0.25) is 0 Å². The average molecular weight is 302 g/mol. The summed E-state index contributed by atoms with van der Waals surface area (Å²) in [6, 6.07) is 7.51. The predicted octanol–water partition coefficient (Wildman–Crippen LogP) is 2.42. The molecule has 0 aromatic heterocycles. The minimum Gasteiger partial charge on any atom is -0.399 e. The Hall–Kier alpha value is -0.720. The fourth-order valence-electron chi connectivity index (χ4n) is 1.50. The van der Waals surface area contributed by atoms with Crippen LogP contribution in [0.1, 0.15) is 20.3 Å². The van der Waals surface area contributed by atoms with Gasteiger partial charge in [-0.1, -0.05) is 6.92 Å². The Morgan fingerprint density at radius 2 is 1.89 bits per heavy atom. The van der Waals surface area contributed by atoms with Gasteiger partial charge in [-0.25, -0.2) is 12.7 Å². The number of nitrogens with zero attached hydrogens (tertiary/aromatic N) is 1. The molecule has 1 aromatic rings. The highest BCUT2D eigenvalue weighted by molar-refractivity contribution is 8.00. The second kappa shape index (κ2) is 7.17. The monoisotopic (exact) mass is 302 g/mol. The number of nitrogen functional groups attached to an aromatic ring is 1. The summed E-state index contributed by atoms with van der Waals surface area (Å²) >= 11 is 1.53. The zero-order chi connectivity index (χ0) is 14.5. The molecule has 1 aromatic carbocycles. The molecule has 2 N–H and O–H groups in total. The van der Waals surface area contributed by atoms with Crippen LogP contribution in [0, 0.1) is 0 Å². The van der Waals surface area contributed by atoms with Crippen molar-refractivity contribution in [3.63, 3.8) is 0 Å². The van der Waals surface area contributed by atoms with Crippen molar-refractivity contribution >= 4 is 27.5 Å². The summed E-state index contributed by atoms with van der Waals surface area (Å²) in [5.74, 6) is 0.704. The molecule has 0 aliphatic heterocycles. The second-order valence-electron chi connectivity index (χ2n) is 4.51. The highest BCUT2D eigenvalue weighted by Gasteiger charge is 2.21. The van der Waals surface area contributed by atoms with E-state index < -0.39 is 10.0 Å². The van der Waals surface area contributed by atoms with Crippen LogP contribution in [-0.2, 0) is 10.0 Å². The first-order valence-electron chi connectivity index (χ1n) is 6.31. The Balaban J connectivity index is 2.50. The number of hydrogen-bond acceptors (Lipinski definition) is 4. The Morgan fingerprint density at radius 1 is 1.32 bits per heavy atom. The number of sulfonamides is 1. The van der Waals surface area contributed by atoms with Crippen molar-refractivity contribution < 1.29 is 8.42 Å². The molecule has 19 heavy (non-hydrogen) atoms. The van der Waals surface area contributed by atoms with Crippen LogP contribution in [0.15, 0.2) is 29.2 Å². The summed E-state index contributed by atoms with van der Waals surface area (Å²) in [7, 11) is -1.51. The number of rotatable bonds is 7. The first kappa shape index (κ1) is 16.3. The fourth-order valence-corrected chi connectivity index (χ4v) is 4.23. The normalized spacial score (nSPS) is 13.7. The third-order valence-electron chi connectivity index (χ3n) is 3.14. The van der Waals surface area contributed by atoms with E-state index in [4.69, 9.17) is 5.73 Å². The largest absolute Gasteiger partial charge is 0.399 e. The Bertz CT molecular complexity index is 486. The van der Waals surface area contributed by atoms with Gasteiger partial charge in [0, 0.05) is 29.4 Å². The lowest BCUT2D eigenvalue weighted by Crippen LogP contribution is -2.36. The van der Waals surface area contributed by atoms with Gasteiger partial charge in [-0.15, -0.1) is 11.8 Å². The van der Waals surface area contributed by atoms with Crippen LogP contribution in [0.5, 0.6) is 0 Å². The van der Waals surface area contributed by atoms with Gasteiger partial charge < -0.3 is 5.73 Å². The van der Waals surface area contributed by atoms with E-state index in [1.807, 2.05) is 38.1 Å². The zero-order valence-corrected chi connectivity index (χ0v) is 13.3. The van der Waals surface area contributed by atoms with Gasteiger partial charge in [0.25, 0.3) is 0 Å². The van der Waals surface area contributed by atoms with E-state index in [9.17, 15) is 8.42 Å². The first-order valence-corrected chi connectivity index (χ1v) is 8.90. The van der Waals surface area contributed by atoms with E-state index in [1.54, 1.807) is 7.05 Å². The number of nitrogens with two attached hydrogens (primary N) is 1. The Morgan fingerprint density at radius 3 is 2.42 bits per heavy atom. The van der Waals surface area contributed by atoms with Gasteiger partial charge in [-0.3, -0.25) is 0 Å². The lowest BCUT2D eigenvalue weighted by Gasteiger charge is -2.22. The lowest BCUT2D eigenvalue weighted by atomic mass is 10.3. The summed E-state index contributed by atoms with van der Waals surface area (Å²) in [5, 5.41) is 0. The maximum atomic E-state index is 12.1. The SMILES string of the molecule is CCC(C)N(C)S(=O)(=O)CCSc1ccc(N)cc1. The molecule has 0 amide bonds. The van der Waals surface area contributed by atoms with Gasteiger partial charge >= 0.3 is 0 Å². The molecule has 0 spiro atoms. The first-order chi connectivity index (χ1) is 8.86. The van der Waals surface area contributed by atoms with Crippen molar-refractivity contribution in [1.82, 2.24) is 4.31 Å². The molecule has 0 aliphatic rings. The van der Waals surface area contributed by atoms with Gasteiger partial charge in [-0.05, 0) is 37.6 Å². The molecule has 1 rings (SSSR count). The molecule has 0 fully saturated rings. The predicted molar refractivity (Wildman–Crippen MR) is 82.9 cm³/mol. The van der Waals surface area contributed by atoms with Gasteiger partial charge in [0.05, 0.1) is 5.75 Å². The maximum Gasteiger partial charge on any atom is 0.214 e. The van der Waals surface area contributed by atoms with Gasteiger partial charge in [0.15, 0.2) is 0 Å². The molecule has 0 radical (unpaired) electrons. The van der Waals surface area contributed by atoms with Crippen molar-refractivity contribution in [2.24, 2.45) is 0 Å². The van der Waals surface area contributed by atoms with Crippen LogP contribution >= 0.6 is 11.8 Å². The third kappa shape index (κ3) is 5.04. The minimum atomic E-state index is -3.16. The second-order valence-corrected chi connectivity index (χ2v) is 7.82. The number of thioether (sulfide) groups is 1. The summed E-state index contributed by atoms with van der Waals surface area (Å²) < 4.78 is 25.6. The lowest BCUT2D eigenvalue weighted by molar-refractivity contribution is 0.381. The summed E-state index contributed by atoms with van der Waals surface area (Å²) in [5.41, 5.74) is 6.32. The molecule has 4 nitrogen and oxygen atoms in total. The number of anilines is 1. The molecular formula is C13H22N2O2S2. The van der Waals surface area contributed by atoms with Crippen molar-refractivity contribution in [1.29, 1.82) is 0 Å². The number of benzene rings is 1. The van der Waals surface area contributed by atoms with Crippen molar-refractivity contribution in [2.45, 2.75) is 31.2 Å². The molecule has 0 saturated carbocycles. The minimum absolute atomic E-state index is 0.0477. The van der Waals surface area contributed by atoms with E-state index in [1.165, 1.54) is 16.1 Å². The quantitative estimate of drug-likeness (QED) is 0.620. The molecule has 108 valence electrons. The van der Waals surface area contributed by atoms with Crippen LogP contribution in [0.25, 0.3) is 0 Å². The molecule has 0 saturated heterocycles. The van der Waals surface area contributed by atoms with Crippen LogP contribution in [-0.4, -0.2) is 37.3 Å². The van der Waals surface area contributed by atoms with E-state index >= 15 is 0 Å². The van der Waals surface area contributed by atoms with Crippen LogP contribution < -0.4 is 5.73 Å². The van der Waals surface area contributed by atoms with Gasteiger partial charge in [0.2, 0.25) is 10.0 Å². The van der Waals surface area contributed by atoms with Crippen molar-refractivity contribution in [3.05, 3.63) is 24.3 Å². The standard InChI is InChI=1S/C13H22N2O2S2/c1-4-11(2)15(3)19(16,17)10-9-18-13-7-5-12(14)6-8-13/h5-8,11H,4,9-10,14H2,1-3H3. The van der Waals surface area contributed by atoms with Gasteiger partial charge in [-0.2, -0.15) is 0 Å². The molecule has 1 atom stereocenters. The maximum absolute atomic E-state index is 12.1. The van der Waals surface area contributed by atoms with Crippen molar-refractivity contribution in [3.8, 4) is 0 Å². The van der Waals surface area contributed by atoms with E-state index in [0.29, 0.717) is 11.4 Å². The molecular weight excluding hydrogens is 280 g/mol. The van der Waals surface area contributed by atoms with E-state index in [0.717, 1.165) is 11.3 Å². The van der Waals surface area contributed by atoms with E-state index in [2.05, 4.69) is 0 Å². The Kier molecular flexibility index (Phi) is 6.16. The zero-order valence-electron chi connectivity index (χ0n) is 11.7. The summed E-state index contributed by atoms with van der Waals surface area (Å²) in [4.78, 5) is 1.04. The molecule has 0 bridgehead atoms. The summed E-state index contributed by atoms with van der Waals surface area (Å²) in [6.07, 6.45) is 0.820. The number of hydrogen-bond donors (Lipinski definition) is 1. The smallest absolute Gasteiger partial charge is 0.214 e.